The Morgan fingerprint density at radius 1 is 1.23 bits per heavy atom. The lowest BCUT2D eigenvalue weighted by molar-refractivity contribution is -0.121. The number of amides is 1. The molecule has 2 aromatic carbocycles. The van der Waals surface area contributed by atoms with Crippen LogP contribution in [0, 0.1) is 0 Å². The van der Waals surface area contributed by atoms with Crippen molar-refractivity contribution in [3.8, 4) is 5.75 Å². The van der Waals surface area contributed by atoms with Crippen LogP contribution in [0.3, 0.4) is 0 Å². The standard InChI is InChI=1S/C17H18ClNO3/c1-17(22,14-7-2-3-8-15(14)18)11-19-16(21)10-12-5-4-6-13(20)9-12/h2-9,20,22H,10-11H2,1H3,(H,19,21)/t17-/m0/s1. The van der Waals surface area contributed by atoms with E-state index in [-0.39, 0.29) is 24.6 Å². The van der Waals surface area contributed by atoms with Gasteiger partial charge in [0.2, 0.25) is 5.91 Å². The Morgan fingerprint density at radius 3 is 2.64 bits per heavy atom. The number of benzene rings is 2. The predicted molar refractivity (Wildman–Crippen MR) is 85.8 cm³/mol. The normalized spacial score (nSPS) is 13.4. The van der Waals surface area contributed by atoms with E-state index in [1.165, 1.54) is 6.07 Å². The first-order valence-electron chi connectivity index (χ1n) is 6.90. The number of nitrogens with one attached hydrogen (secondary N) is 1. The van der Waals surface area contributed by atoms with Crippen LogP contribution in [0.4, 0.5) is 0 Å². The molecule has 0 radical (unpaired) electrons. The van der Waals surface area contributed by atoms with E-state index in [1.54, 1.807) is 49.4 Å². The number of aromatic hydroxyl groups is 1. The molecule has 0 spiro atoms. The molecule has 1 atom stereocenters. The lowest BCUT2D eigenvalue weighted by Crippen LogP contribution is -2.39. The second kappa shape index (κ2) is 6.81. The van der Waals surface area contributed by atoms with Gasteiger partial charge in [-0.05, 0) is 30.7 Å². The molecule has 0 saturated carbocycles. The van der Waals surface area contributed by atoms with E-state index in [9.17, 15) is 15.0 Å². The molecule has 116 valence electrons. The largest absolute Gasteiger partial charge is 0.508 e. The van der Waals surface area contributed by atoms with Crippen molar-refractivity contribution in [1.29, 1.82) is 0 Å². The summed E-state index contributed by atoms with van der Waals surface area (Å²) in [5.41, 5.74) is 0.0107. The van der Waals surface area contributed by atoms with E-state index in [1.807, 2.05) is 0 Å². The summed E-state index contributed by atoms with van der Waals surface area (Å²) in [6.45, 7) is 1.65. The first-order chi connectivity index (χ1) is 10.4. The van der Waals surface area contributed by atoms with Gasteiger partial charge in [0.05, 0.1) is 13.0 Å². The van der Waals surface area contributed by atoms with Gasteiger partial charge in [0.1, 0.15) is 11.4 Å². The highest BCUT2D eigenvalue weighted by Gasteiger charge is 2.26. The highest BCUT2D eigenvalue weighted by atomic mass is 35.5. The third-order valence-corrected chi connectivity index (χ3v) is 3.69. The van der Waals surface area contributed by atoms with Crippen LogP contribution in [-0.2, 0) is 16.8 Å². The smallest absolute Gasteiger partial charge is 0.224 e. The Balaban J connectivity index is 1.97. The van der Waals surface area contributed by atoms with Crippen LogP contribution in [0.2, 0.25) is 5.02 Å². The lowest BCUT2D eigenvalue weighted by Gasteiger charge is -2.25. The predicted octanol–water partition coefficient (Wildman–Crippen LogP) is 2.61. The first kappa shape index (κ1) is 16.3. The van der Waals surface area contributed by atoms with E-state index >= 15 is 0 Å². The molecule has 0 unspecified atom stereocenters. The molecule has 22 heavy (non-hydrogen) atoms. The molecule has 5 heteroatoms. The van der Waals surface area contributed by atoms with E-state index in [2.05, 4.69) is 5.32 Å². The van der Waals surface area contributed by atoms with Crippen molar-refractivity contribution in [2.24, 2.45) is 0 Å². The number of hydrogen-bond acceptors (Lipinski definition) is 3. The van der Waals surface area contributed by atoms with Crippen LogP contribution in [0.25, 0.3) is 0 Å². The molecule has 4 nitrogen and oxygen atoms in total. The zero-order valence-corrected chi connectivity index (χ0v) is 13.0. The summed E-state index contributed by atoms with van der Waals surface area (Å²) in [4.78, 5) is 11.9. The Labute approximate surface area is 134 Å². The van der Waals surface area contributed by atoms with Crippen LogP contribution in [0.5, 0.6) is 5.75 Å². The number of aliphatic hydroxyl groups is 1. The average molecular weight is 320 g/mol. The number of phenols is 1. The molecule has 0 fully saturated rings. The lowest BCUT2D eigenvalue weighted by atomic mass is 9.96. The van der Waals surface area contributed by atoms with Crippen molar-refractivity contribution < 1.29 is 15.0 Å². The van der Waals surface area contributed by atoms with Crippen LogP contribution >= 0.6 is 11.6 Å². The third kappa shape index (κ3) is 4.23. The molecule has 0 aliphatic heterocycles. The minimum absolute atomic E-state index is 0.0500. The average Bonchev–Trinajstić information content (AvgIpc) is 2.45. The molecule has 0 aliphatic rings. The maximum absolute atomic E-state index is 11.9. The van der Waals surface area contributed by atoms with Gasteiger partial charge in [-0.15, -0.1) is 0 Å². The van der Waals surface area contributed by atoms with Crippen LogP contribution in [0.15, 0.2) is 48.5 Å². The minimum atomic E-state index is -1.26. The highest BCUT2D eigenvalue weighted by molar-refractivity contribution is 6.31. The van der Waals surface area contributed by atoms with E-state index in [4.69, 9.17) is 11.6 Å². The molecule has 2 rings (SSSR count). The summed E-state index contributed by atoms with van der Waals surface area (Å²) in [6, 6.07) is 13.5. The second-order valence-electron chi connectivity index (χ2n) is 5.38. The molecule has 3 N–H and O–H groups in total. The van der Waals surface area contributed by atoms with Gasteiger partial charge in [0.25, 0.3) is 0 Å². The van der Waals surface area contributed by atoms with Gasteiger partial charge in [0.15, 0.2) is 0 Å². The number of halogens is 1. The Kier molecular flexibility index (Phi) is 5.06. The molecule has 0 aromatic heterocycles. The summed E-state index contributed by atoms with van der Waals surface area (Å²) >= 11 is 6.07. The Morgan fingerprint density at radius 2 is 1.95 bits per heavy atom. The zero-order valence-electron chi connectivity index (χ0n) is 12.2. The number of rotatable bonds is 5. The van der Waals surface area contributed by atoms with Gasteiger partial charge in [-0.1, -0.05) is 41.9 Å². The SMILES string of the molecule is C[C@](O)(CNC(=O)Cc1cccc(O)c1)c1ccccc1Cl. The van der Waals surface area contributed by atoms with Crippen LogP contribution in [-0.4, -0.2) is 22.7 Å². The summed E-state index contributed by atoms with van der Waals surface area (Å²) in [5.74, 6) is -0.119. The third-order valence-electron chi connectivity index (χ3n) is 3.36. The van der Waals surface area contributed by atoms with Gasteiger partial charge in [-0.3, -0.25) is 4.79 Å². The second-order valence-corrected chi connectivity index (χ2v) is 5.78. The number of carbonyl (C=O) groups excluding carboxylic acids is 1. The minimum Gasteiger partial charge on any atom is -0.508 e. The van der Waals surface area contributed by atoms with Crippen molar-refractivity contribution in [3.05, 3.63) is 64.7 Å². The summed E-state index contributed by atoms with van der Waals surface area (Å²) in [5, 5.41) is 23.0. The van der Waals surface area contributed by atoms with Crippen molar-refractivity contribution in [2.45, 2.75) is 18.9 Å². The molecule has 0 saturated heterocycles. The molecule has 2 aromatic rings. The molecule has 0 aliphatic carbocycles. The topological polar surface area (TPSA) is 69.6 Å². The van der Waals surface area contributed by atoms with Crippen LogP contribution in [0.1, 0.15) is 18.1 Å². The van der Waals surface area contributed by atoms with Gasteiger partial charge in [-0.25, -0.2) is 0 Å². The summed E-state index contributed by atoms with van der Waals surface area (Å²) in [6.07, 6.45) is 0.132. The molecular formula is C17H18ClNO3. The highest BCUT2D eigenvalue weighted by Crippen LogP contribution is 2.27. The van der Waals surface area contributed by atoms with E-state index in [0.717, 1.165) is 0 Å². The molecule has 0 heterocycles. The molecular weight excluding hydrogens is 302 g/mol. The summed E-state index contributed by atoms with van der Waals surface area (Å²) in [7, 11) is 0. The van der Waals surface area contributed by atoms with Gasteiger partial charge >= 0.3 is 0 Å². The van der Waals surface area contributed by atoms with Gasteiger partial charge < -0.3 is 15.5 Å². The van der Waals surface area contributed by atoms with E-state index < -0.39 is 5.60 Å². The van der Waals surface area contributed by atoms with Crippen molar-refractivity contribution in [3.63, 3.8) is 0 Å². The maximum atomic E-state index is 11.9. The molecule has 1 amide bonds. The van der Waals surface area contributed by atoms with E-state index in [0.29, 0.717) is 16.1 Å². The molecule has 0 bridgehead atoms. The van der Waals surface area contributed by atoms with Crippen molar-refractivity contribution in [1.82, 2.24) is 5.32 Å². The Hall–Kier alpha value is -2.04. The number of carbonyl (C=O) groups is 1. The summed E-state index contributed by atoms with van der Waals surface area (Å²) < 4.78 is 0. The number of phenolic OH excluding ortho intramolecular Hbond substituents is 1. The maximum Gasteiger partial charge on any atom is 0.224 e. The zero-order chi connectivity index (χ0) is 16.2. The van der Waals surface area contributed by atoms with Gasteiger partial charge in [0, 0.05) is 10.6 Å². The fourth-order valence-corrected chi connectivity index (χ4v) is 2.52. The monoisotopic (exact) mass is 319 g/mol. The quantitative estimate of drug-likeness (QED) is 0.793. The fraction of sp³-hybridized carbons (Fsp3) is 0.235. The van der Waals surface area contributed by atoms with Crippen LogP contribution < -0.4 is 5.32 Å². The van der Waals surface area contributed by atoms with Crippen molar-refractivity contribution >= 4 is 17.5 Å². The fourth-order valence-electron chi connectivity index (χ4n) is 2.18. The van der Waals surface area contributed by atoms with Crippen molar-refractivity contribution in [2.75, 3.05) is 6.54 Å². The Bertz CT molecular complexity index is 670. The first-order valence-corrected chi connectivity index (χ1v) is 7.28. The number of hydrogen-bond donors (Lipinski definition) is 3. The van der Waals surface area contributed by atoms with Gasteiger partial charge in [-0.2, -0.15) is 0 Å².